The van der Waals surface area contributed by atoms with Gasteiger partial charge in [0, 0.05) is 6.04 Å². The van der Waals surface area contributed by atoms with Crippen LogP contribution in [0.3, 0.4) is 0 Å². The number of rotatable bonds is 5. The molecule has 2 N–H and O–H groups in total. The number of hydrogen-bond acceptors (Lipinski definition) is 3. The highest BCUT2D eigenvalue weighted by Gasteiger charge is 2.26. The highest BCUT2D eigenvalue weighted by atomic mass is 16.5. The Labute approximate surface area is 102 Å². The highest BCUT2D eigenvalue weighted by Crippen LogP contribution is 2.37. The van der Waals surface area contributed by atoms with Crippen molar-refractivity contribution in [3.05, 3.63) is 35.4 Å². The van der Waals surface area contributed by atoms with Crippen molar-refractivity contribution in [1.82, 2.24) is 0 Å². The Hall–Kier alpha value is -1.35. The summed E-state index contributed by atoms with van der Waals surface area (Å²) in [5, 5.41) is 0. The van der Waals surface area contributed by atoms with E-state index in [0.717, 1.165) is 17.9 Å². The Balaban J connectivity index is 2.16. The Morgan fingerprint density at radius 3 is 2.82 bits per heavy atom. The van der Waals surface area contributed by atoms with Crippen LogP contribution in [-0.4, -0.2) is 12.6 Å². The van der Waals surface area contributed by atoms with Gasteiger partial charge in [0.1, 0.15) is 0 Å². The molecule has 2 rings (SSSR count). The Morgan fingerprint density at radius 1 is 1.47 bits per heavy atom. The van der Waals surface area contributed by atoms with E-state index in [4.69, 9.17) is 10.5 Å². The van der Waals surface area contributed by atoms with Crippen LogP contribution < -0.4 is 5.73 Å². The molecular formula is C14H19NO2. The number of ether oxygens (including phenoxy) is 1. The van der Waals surface area contributed by atoms with Gasteiger partial charge in [-0.25, -0.2) is 4.79 Å². The van der Waals surface area contributed by atoms with Gasteiger partial charge in [-0.2, -0.15) is 0 Å². The predicted molar refractivity (Wildman–Crippen MR) is 66.7 cm³/mol. The third kappa shape index (κ3) is 3.07. The lowest BCUT2D eigenvalue weighted by atomic mass is 9.97. The second kappa shape index (κ2) is 5.32. The third-order valence-electron chi connectivity index (χ3n) is 3.14. The average molecular weight is 233 g/mol. The second-order valence-electron chi connectivity index (χ2n) is 4.59. The fourth-order valence-corrected chi connectivity index (χ4v) is 2.05. The topological polar surface area (TPSA) is 52.3 Å². The van der Waals surface area contributed by atoms with E-state index in [1.165, 1.54) is 12.8 Å². The van der Waals surface area contributed by atoms with Crippen LogP contribution in [0.1, 0.15) is 48.1 Å². The molecule has 1 aromatic rings. The minimum Gasteiger partial charge on any atom is -0.462 e. The molecule has 1 aromatic carbocycles. The van der Waals surface area contributed by atoms with E-state index >= 15 is 0 Å². The van der Waals surface area contributed by atoms with Gasteiger partial charge in [0.2, 0.25) is 0 Å². The lowest BCUT2D eigenvalue weighted by Crippen LogP contribution is -2.17. The van der Waals surface area contributed by atoms with E-state index in [1.807, 2.05) is 25.1 Å². The standard InChI is InChI=1S/C14H19NO2/c1-2-17-14(16)12-6-4-3-5-11(12)13(15)9-10-7-8-10/h3-6,10,13H,2,7-9,15H2,1H3/t13-/m0/s1. The molecule has 1 saturated carbocycles. The Morgan fingerprint density at radius 2 is 2.18 bits per heavy atom. The monoisotopic (exact) mass is 233 g/mol. The zero-order valence-corrected chi connectivity index (χ0v) is 10.2. The first-order valence-corrected chi connectivity index (χ1v) is 6.24. The van der Waals surface area contributed by atoms with Crippen LogP contribution in [0, 0.1) is 5.92 Å². The molecule has 0 heterocycles. The molecule has 0 aliphatic heterocycles. The minimum absolute atomic E-state index is 0.0527. The molecule has 92 valence electrons. The van der Waals surface area contributed by atoms with Gasteiger partial charge in [-0.1, -0.05) is 31.0 Å². The molecule has 1 aliphatic carbocycles. The van der Waals surface area contributed by atoms with Crippen LogP contribution in [0.4, 0.5) is 0 Å². The van der Waals surface area contributed by atoms with Crippen molar-refractivity contribution in [3.63, 3.8) is 0 Å². The third-order valence-corrected chi connectivity index (χ3v) is 3.14. The van der Waals surface area contributed by atoms with Gasteiger partial charge in [-0.15, -0.1) is 0 Å². The lowest BCUT2D eigenvalue weighted by molar-refractivity contribution is 0.0524. The van der Waals surface area contributed by atoms with Gasteiger partial charge in [0.05, 0.1) is 12.2 Å². The first kappa shape index (κ1) is 12.1. The number of nitrogens with two attached hydrogens (primary N) is 1. The van der Waals surface area contributed by atoms with Crippen molar-refractivity contribution >= 4 is 5.97 Å². The van der Waals surface area contributed by atoms with Crippen LogP contribution in [0.25, 0.3) is 0 Å². The summed E-state index contributed by atoms with van der Waals surface area (Å²) in [5.41, 5.74) is 7.69. The fraction of sp³-hybridized carbons (Fsp3) is 0.500. The van der Waals surface area contributed by atoms with Gasteiger partial charge in [-0.3, -0.25) is 0 Å². The SMILES string of the molecule is CCOC(=O)c1ccccc1[C@@H](N)CC1CC1. The van der Waals surface area contributed by atoms with Crippen molar-refractivity contribution in [1.29, 1.82) is 0 Å². The van der Waals surface area contributed by atoms with Crippen LogP contribution in [-0.2, 0) is 4.74 Å². The van der Waals surface area contributed by atoms with Gasteiger partial charge >= 0.3 is 5.97 Å². The molecule has 1 atom stereocenters. The maximum absolute atomic E-state index is 11.8. The van der Waals surface area contributed by atoms with Crippen LogP contribution >= 0.6 is 0 Å². The summed E-state index contributed by atoms with van der Waals surface area (Å²) in [6.45, 7) is 2.20. The molecule has 0 unspecified atom stereocenters. The van der Waals surface area contributed by atoms with Crippen molar-refractivity contribution in [2.24, 2.45) is 11.7 Å². The molecule has 0 radical (unpaired) electrons. The van der Waals surface area contributed by atoms with E-state index < -0.39 is 0 Å². The summed E-state index contributed by atoms with van der Waals surface area (Å²) < 4.78 is 5.04. The van der Waals surface area contributed by atoms with Gasteiger partial charge in [0.15, 0.2) is 0 Å². The van der Waals surface area contributed by atoms with Gasteiger partial charge < -0.3 is 10.5 Å². The summed E-state index contributed by atoms with van der Waals surface area (Å²) in [5.74, 6) is 0.481. The summed E-state index contributed by atoms with van der Waals surface area (Å²) in [6, 6.07) is 7.44. The van der Waals surface area contributed by atoms with Crippen LogP contribution in [0.2, 0.25) is 0 Å². The lowest BCUT2D eigenvalue weighted by Gasteiger charge is -2.15. The minimum atomic E-state index is -0.269. The largest absolute Gasteiger partial charge is 0.462 e. The first-order chi connectivity index (χ1) is 8.22. The maximum atomic E-state index is 11.8. The molecule has 17 heavy (non-hydrogen) atoms. The number of esters is 1. The molecule has 1 aliphatic rings. The first-order valence-electron chi connectivity index (χ1n) is 6.24. The van der Waals surface area contributed by atoms with Gasteiger partial charge in [-0.05, 0) is 30.9 Å². The fourth-order valence-electron chi connectivity index (χ4n) is 2.05. The maximum Gasteiger partial charge on any atom is 0.338 e. The quantitative estimate of drug-likeness (QED) is 0.795. The zero-order chi connectivity index (χ0) is 12.3. The second-order valence-corrected chi connectivity index (χ2v) is 4.59. The number of carbonyl (C=O) groups excluding carboxylic acids is 1. The van der Waals surface area contributed by atoms with Crippen LogP contribution in [0.15, 0.2) is 24.3 Å². The van der Waals surface area contributed by atoms with Gasteiger partial charge in [0.25, 0.3) is 0 Å². The van der Waals surface area contributed by atoms with Crippen molar-refractivity contribution in [2.75, 3.05) is 6.61 Å². The van der Waals surface area contributed by atoms with Crippen molar-refractivity contribution < 1.29 is 9.53 Å². The smallest absolute Gasteiger partial charge is 0.338 e. The van der Waals surface area contributed by atoms with E-state index in [-0.39, 0.29) is 12.0 Å². The molecule has 0 saturated heterocycles. The zero-order valence-electron chi connectivity index (χ0n) is 10.2. The Bertz CT molecular complexity index is 399. The molecule has 0 aromatic heterocycles. The van der Waals surface area contributed by atoms with Crippen LogP contribution in [0.5, 0.6) is 0 Å². The van der Waals surface area contributed by atoms with E-state index in [2.05, 4.69) is 0 Å². The molecule has 3 heteroatoms. The molecule has 3 nitrogen and oxygen atoms in total. The highest BCUT2D eigenvalue weighted by molar-refractivity contribution is 5.91. The normalized spacial score (nSPS) is 16.6. The molecular weight excluding hydrogens is 214 g/mol. The Kier molecular flexibility index (Phi) is 3.79. The van der Waals surface area contributed by atoms with E-state index in [0.29, 0.717) is 12.2 Å². The average Bonchev–Trinajstić information content (AvgIpc) is 3.13. The number of hydrogen-bond donors (Lipinski definition) is 1. The van der Waals surface area contributed by atoms with E-state index in [1.54, 1.807) is 6.07 Å². The molecule has 0 spiro atoms. The summed E-state index contributed by atoms with van der Waals surface area (Å²) in [4.78, 5) is 11.8. The molecule has 1 fully saturated rings. The molecule has 0 amide bonds. The predicted octanol–water partition coefficient (Wildman–Crippen LogP) is 2.66. The van der Waals surface area contributed by atoms with Crippen molar-refractivity contribution in [3.8, 4) is 0 Å². The van der Waals surface area contributed by atoms with E-state index in [9.17, 15) is 4.79 Å². The number of carbonyl (C=O) groups is 1. The van der Waals surface area contributed by atoms with Crippen molar-refractivity contribution in [2.45, 2.75) is 32.2 Å². The summed E-state index contributed by atoms with van der Waals surface area (Å²) >= 11 is 0. The number of benzene rings is 1. The summed E-state index contributed by atoms with van der Waals surface area (Å²) in [6.07, 6.45) is 3.51. The summed E-state index contributed by atoms with van der Waals surface area (Å²) in [7, 11) is 0. The molecule has 0 bridgehead atoms.